The van der Waals surface area contributed by atoms with Crippen molar-refractivity contribution in [2.45, 2.75) is 126 Å². The number of aliphatic hydroxyl groups excluding tert-OH is 1. The standard InChI is InChI=1S/C48H65N7O7/c1-9-12-14-30-15-16-31-32-17-21-53(5)28-44(59,10-2)26-29(4)27-47(43(58)62-8,38(32)50-35(31)23-30)34-24-33-36(25-37(34)61-7)54(6)40-46(33)19-22-55-20-13-18-45(11-3,39(46)55)41(56)48(40,60)42(57)51-52-49/h13,15-16,18,23-25,29,39-41,50,56,59-60H,9-12,14,17,19-22,26-28H2,1-8H3/t29-,39-,40+,41+,44-,45+,46+,47-,48-/m0/s1. The zero-order chi connectivity index (χ0) is 44.6. The molecule has 1 saturated carbocycles. The highest BCUT2D eigenvalue weighted by Crippen LogP contribution is 2.67. The average molecular weight is 852 g/mol. The Morgan fingerprint density at radius 3 is 2.48 bits per heavy atom. The van der Waals surface area contributed by atoms with E-state index in [0.29, 0.717) is 75.3 Å². The van der Waals surface area contributed by atoms with E-state index in [1.807, 2.05) is 44.0 Å². The van der Waals surface area contributed by atoms with Crippen molar-refractivity contribution in [2.75, 3.05) is 59.4 Å². The molecular formula is C48H65N7O7. The van der Waals surface area contributed by atoms with Gasteiger partial charge in [-0.25, -0.2) is 0 Å². The van der Waals surface area contributed by atoms with Gasteiger partial charge in [0.05, 0.1) is 25.9 Å². The summed E-state index contributed by atoms with van der Waals surface area (Å²) in [5, 5.41) is 42.2. The number of aliphatic hydroxyl groups is 3. The summed E-state index contributed by atoms with van der Waals surface area (Å²) in [5.41, 5.74) is 8.42. The van der Waals surface area contributed by atoms with E-state index < -0.39 is 51.5 Å². The fourth-order valence-corrected chi connectivity index (χ4v) is 13.4. The van der Waals surface area contributed by atoms with Crippen LogP contribution < -0.4 is 9.64 Å². The number of carbonyl (C=O) groups is 2. The Balaban J connectivity index is 1.47. The van der Waals surface area contributed by atoms with Crippen molar-refractivity contribution in [3.05, 3.63) is 80.9 Å². The monoisotopic (exact) mass is 851 g/mol. The van der Waals surface area contributed by atoms with Gasteiger partial charge in [0.1, 0.15) is 17.3 Å². The van der Waals surface area contributed by atoms with Crippen LogP contribution in [0.15, 0.2) is 47.6 Å². The molecule has 1 aliphatic carbocycles. The van der Waals surface area contributed by atoms with Crippen molar-refractivity contribution in [3.63, 3.8) is 0 Å². The predicted octanol–water partition coefficient (Wildman–Crippen LogP) is 6.06. The van der Waals surface area contributed by atoms with Gasteiger partial charge in [-0.3, -0.25) is 14.5 Å². The zero-order valence-electron chi connectivity index (χ0n) is 37.7. The maximum absolute atomic E-state index is 15.5. The normalized spacial score (nSPS) is 34.4. The molecule has 0 radical (unpaired) electrons. The van der Waals surface area contributed by atoms with Gasteiger partial charge < -0.3 is 39.6 Å². The lowest BCUT2D eigenvalue weighted by Crippen LogP contribution is -2.80. The molecule has 5 aliphatic rings. The van der Waals surface area contributed by atoms with Gasteiger partial charge in [-0.2, -0.15) is 0 Å². The van der Waals surface area contributed by atoms with Crippen molar-refractivity contribution < 1.29 is 34.4 Å². The van der Waals surface area contributed by atoms with Crippen LogP contribution in [0.5, 0.6) is 5.75 Å². The number of nitrogens with one attached hydrogen (secondary N) is 1. The number of fused-ring (bicyclic) bond motifs is 4. The van der Waals surface area contributed by atoms with Gasteiger partial charge in [-0.1, -0.05) is 58.4 Å². The number of aromatic nitrogens is 1. The molecule has 1 aromatic heterocycles. The Hall–Kier alpha value is -4.43. The molecule has 1 amide bonds. The molecule has 62 heavy (non-hydrogen) atoms. The minimum absolute atomic E-state index is 0.203. The topological polar surface area (TPSA) is 188 Å². The Kier molecular flexibility index (Phi) is 11.4. The number of benzene rings is 2. The highest BCUT2D eigenvalue weighted by atomic mass is 16.5. The van der Waals surface area contributed by atoms with Crippen LogP contribution in [0.25, 0.3) is 21.3 Å². The number of hydrogen-bond donors (Lipinski definition) is 4. The molecular weight excluding hydrogens is 787 g/mol. The Morgan fingerprint density at radius 2 is 1.81 bits per heavy atom. The Bertz CT molecular complexity index is 2340. The van der Waals surface area contributed by atoms with Crippen molar-refractivity contribution in [1.29, 1.82) is 0 Å². The number of amides is 1. The Labute approximate surface area is 364 Å². The molecule has 4 aliphatic heterocycles. The number of methoxy groups -OCH3 is 2. The number of anilines is 1. The number of ether oxygens (including phenoxy) is 2. The maximum Gasteiger partial charge on any atom is 0.322 e. The molecule has 8 rings (SSSR count). The average Bonchev–Trinajstić information content (AvgIpc) is 3.91. The summed E-state index contributed by atoms with van der Waals surface area (Å²) >= 11 is 0. The maximum atomic E-state index is 15.5. The lowest BCUT2D eigenvalue weighted by atomic mass is 9.47. The third-order valence-electron chi connectivity index (χ3n) is 16.0. The second-order valence-corrected chi connectivity index (χ2v) is 19.3. The number of nitrogens with zero attached hydrogens (tertiary/aromatic N) is 6. The first-order valence-corrected chi connectivity index (χ1v) is 22.6. The first-order chi connectivity index (χ1) is 29.6. The van der Waals surface area contributed by atoms with E-state index in [0.717, 1.165) is 47.0 Å². The molecule has 4 N–H and O–H groups in total. The quantitative estimate of drug-likeness (QED) is 0.0648. The van der Waals surface area contributed by atoms with Gasteiger partial charge in [0, 0.05) is 82.4 Å². The van der Waals surface area contributed by atoms with Crippen LogP contribution in [0.3, 0.4) is 0 Å². The number of hydrogen-bond acceptors (Lipinski definition) is 10. The predicted molar refractivity (Wildman–Crippen MR) is 238 cm³/mol. The number of unbranched alkanes of at least 4 members (excludes halogenated alkanes) is 1. The number of β-amino-alcohol motifs (C(OH)–C–C–N with tert-alkyl or cyclic N) is 1. The summed E-state index contributed by atoms with van der Waals surface area (Å²) in [7, 11) is 6.85. The minimum Gasteiger partial charge on any atom is -0.496 e. The smallest absolute Gasteiger partial charge is 0.322 e. The number of rotatable bonds is 9. The molecule has 2 fully saturated rings. The van der Waals surface area contributed by atoms with E-state index in [9.17, 15) is 25.6 Å². The number of esters is 1. The summed E-state index contributed by atoms with van der Waals surface area (Å²) in [5.74, 6) is -1.39. The highest BCUT2D eigenvalue weighted by Gasteiger charge is 2.78. The van der Waals surface area contributed by atoms with Crippen molar-refractivity contribution >= 4 is 28.5 Å². The molecule has 3 aromatic rings. The fourth-order valence-electron chi connectivity index (χ4n) is 13.4. The molecule has 14 nitrogen and oxygen atoms in total. The number of aromatic amines is 1. The summed E-state index contributed by atoms with van der Waals surface area (Å²) in [4.78, 5) is 42.7. The lowest BCUT2D eigenvalue weighted by molar-refractivity contribution is -0.201. The van der Waals surface area contributed by atoms with E-state index >= 15 is 4.79 Å². The second-order valence-electron chi connectivity index (χ2n) is 19.3. The number of H-pyrrole nitrogens is 1. The van der Waals surface area contributed by atoms with Crippen LogP contribution in [-0.2, 0) is 38.0 Å². The summed E-state index contributed by atoms with van der Waals surface area (Å²) < 4.78 is 12.4. The Morgan fingerprint density at radius 1 is 1.03 bits per heavy atom. The number of azide groups is 1. The molecule has 0 bridgehead atoms. The van der Waals surface area contributed by atoms with Crippen LogP contribution in [0.2, 0.25) is 0 Å². The van der Waals surface area contributed by atoms with E-state index in [1.165, 1.54) is 12.7 Å². The first-order valence-electron chi connectivity index (χ1n) is 22.6. The molecule has 14 heteroatoms. The van der Waals surface area contributed by atoms with Gasteiger partial charge in [-0.15, -0.1) is 0 Å². The van der Waals surface area contributed by atoms with E-state index in [-0.39, 0.29) is 18.4 Å². The number of aryl methyl sites for hydroxylation is 1. The van der Waals surface area contributed by atoms with Crippen molar-refractivity contribution in [2.24, 2.45) is 16.4 Å². The van der Waals surface area contributed by atoms with Crippen LogP contribution in [-0.4, -0.2) is 126 Å². The summed E-state index contributed by atoms with van der Waals surface area (Å²) in [6, 6.07) is 9.12. The van der Waals surface area contributed by atoms with E-state index in [2.05, 4.69) is 62.9 Å². The molecule has 2 aromatic carbocycles. The van der Waals surface area contributed by atoms with E-state index in [1.54, 1.807) is 14.2 Å². The largest absolute Gasteiger partial charge is 0.496 e. The van der Waals surface area contributed by atoms with E-state index in [4.69, 9.17) is 9.47 Å². The second kappa shape index (κ2) is 16.0. The summed E-state index contributed by atoms with van der Waals surface area (Å²) in [6.07, 6.45) is 8.13. The third kappa shape index (κ3) is 6.11. The molecule has 9 atom stereocenters. The SMILES string of the molecule is CCCCc1ccc2c3c([nH]c2c1)[C@@](C(=O)OC)(c1cc2c(cc1OC)N(C)[C@H]1[C@@](O)(C(=O)N=[N+]=[N-])[C@H](O)[C@]4(CC)C=CCN5CC[C@]21[C@@H]54)C[C@@H](C)C[C@@](O)(CC)CN(C)CC3. The highest BCUT2D eigenvalue weighted by molar-refractivity contribution is 5.95. The van der Waals surface area contributed by atoms with Gasteiger partial charge in [0.2, 0.25) is 0 Å². The van der Waals surface area contributed by atoms with Crippen LogP contribution in [0, 0.1) is 11.3 Å². The van der Waals surface area contributed by atoms with Crippen LogP contribution in [0.1, 0.15) is 101 Å². The molecule has 1 spiro atoms. The van der Waals surface area contributed by atoms with Crippen LogP contribution >= 0.6 is 0 Å². The van der Waals surface area contributed by atoms with Crippen LogP contribution in [0.4, 0.5) is 5.69 Å². The van der Waals surface area contributed by atoms with Gasteiger partial charge >= 0.3 is 5.97 Å². The number of carbonyl (C=O) groups excluding carboxylic acids is 2. The molecule has 5 heterocycles. The molecule has 0 unspecified atom stereocenters. The fraction of sp³-hybridized carbons (Fsp3) is 0.625. The van der Waals surface area contributed by atoms with Gasteiger partial charge in [0.15, 0.2) is 5.60 Å². The van der Waals surface area contributed by atoms with Crippen molar-refractivity contribution in [1.82, 2.24) is 14.8 Å². The van der Waals surface area contributed by atoms with Gasteiger partial charge in [-0.05, 0) is 110 Å². The summed E-state index contributed by atoms with van der Waals surface area (Å²) in [6.45, 7) is 10.6. The minimum atomic E-state index is -2.50. The van der Waals surface area contributed by atoms with Gasteiger partial charge in [0.25, 0.3) is 5.91 Å². The van der Waals surface area contributed by atoms with Crippen molar-refractivity contribution in [3.8, 4) is 5.75 Å². The third-order valence-corrected chi connectivity index (χ3v) is 16.0. The zero-order valence-corrected chi connectivity index (χ0v) is 37.7. The molecule has 334 valence electrons. The lowest BCUT2D eigenvalue weighted by Gasteiger charge is -2.63. The number of likely N-dealkylation sites (N-methyl/N-ethyl adjacent to an activating group) is 2. The molecule has 1 saturated heterocycles. The first kappa shape index (κ1) is 44.2.